The zero-order valence-corrected chi connectivity index (χ0v) is 24.3. The van der Waals surface area contributed by atoms with Crippen LogP contribution in [0.1, 0.15) is 0 Å². The second-order valence-electron chi connectivity index (χ2n) is 10.8. The monoisotopic (exact) mass is 581 g/mol. The summed E-state index contributed by atoms with van der Waals surface area (Å²) in [5, 5.41) is 4.70. The summed E-state index contributed by atoms with van der Waals surface area (Å²) in [4.78, 5) is 14.8. The average molecular weight is 582 g/mol. The molecule has 6 aromatic carbocycles. The molecule has 0 saturated heterocycles. The van der Waals surface area contributed by atoms with Crippen LogP contribution < -0.4 is 0 Å². The van der Waals surface area contributed by atoms with E-state index in [2.05, 4.69) is 66.7 Å². The molecule has 0 unspecified atom stereocenters. The highest BCUT2D eigenvalue weighted by Gasteiger charge is 2.20. The Morgan fingerprint density at radius 2 is 1.00 bits per heavy atom. The summed E-state index contributed by atoms with van der Waals surface area (Å²) in [5.74, 6) is 1.83. The molecule has 0 spiro atoms. The van der Waals surface area contributed by atoms with Crippen molar-refractivity contribution in [1.82, 2.24) is 15.0 Å². The van der Waals surface area contributed by atoms with E-state index in [1.807, 2.05) is 84.1 Å². The molecule has 0 bridgehead atoms. The van der Waals surface area contributed by atoms with Crippen LogP contribution in [-0.2, 0) is 0 Å². The minimum Gasteiger partial charge on any atom is -0.455 e. The molecule has 0 aliphatic heterocycles. The van der Waals surface area contributed by atoms with Crippen LogP contribution in [0.5, 0.6) is 0 Å². The van der Waals surface area contributed by atoms with Crippen LogP contribution in [0.3, 0.4) is 0 Å². The third-order valence-electron chi connectivity index (χ3n) is 8.16. The molecular formula is C39H23N3OS. The second kappa shape index (κ2) is 9.97. The van der Waals surface area contributed by atoms with Gasteiger partial charge in [-0.05, 0) is 23.8 Å². The minimum atomic E-state index is 0.579. The standard InChI is InChI=1S/C39H23N3OS/c1-3-12-24(13-4-1)37-40-38(25-14-5-2-6-15-25)42-39(41-37)31-21-10-20-30-34-27(17-11-22-32(34)43-35(30)31)29-19-9-18-28-26-16-7-8-23-33(26)44-36(28)29/h1-23H. The number of aromatic nitrogens is 3. The lowest BCUT2D eigenvalue weighted by atomic mass is 9.97. The van der Waals surface area contributed by atoms with E-state index in [0.29, 0.717) is 17.5 Å². The Morgan fingerprint density at radius 3 is 1.75 bits per heavy atom. The van der Waals surface area contributed by atoms with Gasteiger partial charge in [-0.1, -0.05) is 121 Å². The smallest absolute Gasteiger partial charge is 0.167 e. The number of fused-ring (bicyclic) bond motifs is 6. The summed E-state index contributed by atoms with van der Waals surface area (Å²) >= 11 is 1.84. The van der Waals surface area contributed by atoms with E-state index in [1.165, 1.54) is 25.7 Å². The number of hydrogen-bond donors (Lipinski definition) is 0. The lowest BCUT2D eigenvalue weighted by Crippen LogP contribution is -2.00. The van der Waals surface area contributed by atoms with Gasteiger partial charge in [-0.15, -0.1) is 11.3 Å². The highest BCUT2D eigenvalue weighted by atomic mass is 32.1. The lowest BCUT2D eigenvalue weighted by molar-refractivity contribution is 0.669. The van der Waals surface area contributed by atoms with Crippen molar-refractivity contribution in [3.8, 4) is 45.3 Å². The predicted octanol–water partition coefficient (Wildman–Crippen LogP) is 10.8. The third-order valence-corrected chi connectivity index (χ3v) is 9.38. The number of hydrogen-bond acceptors (Lipinski definition) is 5. The molecule has 206 valence electrons. The molecule has 0 fully saturated rings. The molecule has 3 aromatic heterocycles. The fraction of sp³-hybridized carbons (Fsp3) is 0. The van der Waals surface area contributed by atoms with Gasteiger partial charge < -0.3 is 4.42 Å². The van der Waals surface area contributed by atoms with Crippen molar-refractivity contribution < 1.29 is 4.42 Å². The van der Waals surface area contributed by atoms with Crippen LogP contribution in [0.15, 0.2) is 144 Å². The number of benzene rings is 6. The molecule has 0 atom stereocenters. The van der Waals surface area contributed by atoms with Gasteiger partial charge in [0, 0.05) is 47.6 Å². The van der Waals surface area contributed by atoms with Gasteiger partial charge in [0.25, 0.3) is 0 Å². The summed E-state index contributed by atoms with van der Waals surface area (Å²) in [5.41, 5.74) is 6.67. The highest BCUT2D eigenvalue weighted by Crippen LogP contribution is 2.45. The van der Waals surface area contributed by atoms with Gasteiger partial charge in [-0.2, -0.15) is 0 Å². The number of para-hydroxylation sites is 1. The fourth-order valence-electron chi connectivity index (χ4n) is 6.14. The first-order chi connectivity index (χ1) is 21.8. The van der Waals surface area contributed by atoms with Crippen LogP contribution in [0.4, 0.5) is 0 Å². The number of furan rings is 1. The Kier molecular flexibility index (Phi) is 5.64. The molecule has 0 amide bonds. The SMILES string of the molecule is c1ccc(-c2nc(-c3ccccc3)nc(-c3cccc4c3oc3cccc(-c5cccc6c5sc5ccccc56)c34)n2)cc1. The topological polar surface area (TPSA) is 51.8 Å². The van der Waals surface area contributed by atoms with Crippen molar-refractivity contribution in [2.75, 3.05) is 0 Å². The largest absolute Gasteiger partial charge is 0.455 e. The number of nitrogens with zero attached hydrogens (tertiary/aromatic N) is 3. The highest BCUT2D eigenvalue weighted by molar-refractivity contribution is 7.26. The van der Waals surface area contributed by atoms with Crippen molar-refractivity contribution in [2.24, 2.45) is 0 Å². The maximum atomic E-state index is 6.67. The molecule has 5 heteroatoms. The van der Waals surface area contributed by atoms with Gasteiger partial charge in [0.2, 0.25) is 0 Å². The van der Waals surface area contributed by atoms with Gasteiger partial charge in [0.05, 0.1) is 5.56 Å². The predicted molar refractivity (Wildman–Crippen MR) is 182 cm³/mol. The second-order valence-corrected chi connectivity index (χ2v) is 11.8. The maximum Gasteiger partial charge on any atom is 0.167 e. The molecule has 0 aliphatic carbocycles. The van der Waals surface area contributed by atoms with Gasteiger partial charge >= 0.3 is 0 Å². The van der Waals surface area contributed by atoms with Gasteiger partial charge in [0.15, 0.2) is 17.5 Å². The summed E-state index contributed by atoms with van der Waals surface area (Å²) < 4.78 is 9.24. The summed E-state index contributed by atoms with van der Waals surface area (Å²) in [6, 6.07) is 47.9. The third kappa shape index (κ3) is 3.94. The molecule has 0 saturated carbocycles. The van der Waals surface area contributed by atoms with Crippen molar-refractivity contribution in [3.63, 3.8) is 0 Å². The van der Waals surface area contributed by atoms with E-state index in [9.17, 15) is 0 Å². The molecule has 9 rings (SSSR count). The Hall–Kier alpha value is -5.65. The summed E-state index contributed by atoms with van der Waals surface area (Å²) in [6.07, 6.45) is 0. The van der Waals surface area contributed by atoms with E-state index in [0.717, 1.165) is 44.2 Å². The lowest BCUT2D eigenvalue weighted by Gasteiger charge is -2.09. The van der Waals surface area contributed by atoms with Gasteiger partial charge in [0.1, 0.15) is 11.2 Å². The minimum absolute atomic E-state index is 0.579. The normalized spacial score (nSPS) is 11.6. The summed E-state index contributed by atoms with van der Waals surface area (Å²) in [7, 11) is 0. The molecule has 9 aromatic rings. The van der Waals surface area contributed by atoms with Crippen LogP contribution in [0, 0.1) is 0 Å². The first kappa shape index (κ1) is 24.9. The van der Waals surface area contributed by atoms with E-state index >= 15 is 0 Å². The Bertz CT molecular complexity index is 2440. The zero-order valence-electron chi connectivity index (χ0n) is 23.4. The van der Waals surface area contributed by atoms with E-state index in [1.54, 1.807) is 0 Å². The molecule has 0 radical (unpaired) electrons. The van der Waals surface area contributed by atoms with Crippen LogP contribution in [0.2, 0.25) is 0 Å². The fourth-order valence-corrected chi connectivity index (χ4v) is 7.37. The van der Waals surface area contributed by atoms with E-state index in [4.69, 9.17) is 19.4 Å². The molecule has 3 heterocycles. The first-order valence-electron chi connectivity index (χ1n) is 14.5. The molecule has 0 aliphatic rings. The Morgan fingerprint density at radius 1 is 0.432 bits per heavy atom. The quantitative estimate of drug-likeness (QED) is 0.207. The Labute approximate surface area is 256 Å². The van der Waals surface area contributed by atoms with Crippen molar-refractivity contribution in [1.29, 1.82) is 0 Å². The number of thiophene rings is 1. The molecular weight excluding hydrogens is 559 g/mol. The van der Waals surface area contributed by atoms with Crippen molar-refractivity contribution in [2.45, 2.75) is 0 Å². The van der Waals surface area contributed by atoms with Gasteiger partial charge in [-0.25, -0.2) is 15.0 Å². The van der Waals surface area contributed by atoms with E-state index in [-0.39, 0.29) is 0 Å². The van der Waals surface area contributed by atoms with Crippen LogP contribution in [0.25, 0.3) is 87.4 Å². The first-order valence-corrected chi connectivity index (χ1v) is 15.4. The maximum absolute atomic E-state index is 6.67. The number of rotatable bonds is 4. The zero-order chi connectivity index (χ0) is 29.0. The Balaban J connectivity index is 1.29. The average Bonchev–Trinajstić information content (AvgIpc) is 3.68. The molecule has 0 N–H and O–H groups in total. The van der Waals surface area contributed by atoms with E-state index < -0.39 is 0 Å². The van der Waals surface area contributed by atoms with Gasteiger partial charge in [-0.3, -0.25) is 0 Å². The van der Waals surface area contributed by atoms with Crippen molar-refractivity contribution in [3.05, 3.63) is 140 Å². The summed E-state index contributed by atoms with van der Waals surface area (Å²) in [6.45, 7) is 0. The molecule has 4 nitrogen and oxygen atoms in total. The van der Waals surface area contributed by atoms with Crippen LogP contribution >= 0.6 is 11.3 Å². The molecule has 44 heavy (non-hydrogen) atoms. The van der Waals surface area contributed by atoms with Crippen molar-refractivity contribution >= 4 is 53.4 Å². The van der Waals surface area contributed by atoms with Crippen LogP contribution in [-0.4, -0.2) is 15.0 Å².